The van der Waals surface area contributed by atoms with Crippen molar-refractivity contribution in [2.24, 2.45) is 5.10 Å². The van der Waals surface area contributed by atoms with Crippen molar-refractivity contribution in [2.45, 2.75) is 51.1 Å². The number of benzene rings is 1. The van der Waals surface area contributed by atoms with E-state index < -0.39 is 0 Å². The molecule has 0 atom stereocenters. The molecule has 0 radical (unpaired) electrons. The fourth-order valence-electron chi connectivity index (χ4n) is 5.82. The molecule has 1 aromatic carbocycles. The monoisotopic (exact) mass is 487 g/mol. The number of fused-ring (bicyclic) bond motifs is 1. The maximum Gasteiger partial charge on any atom is 0.253 e. The Bertz CT molecular complexity index is 1300. The molecule has 1 aliphatic carbocycles. The van der Waals surface area contributed by atoms with E-state index in [2.05, 4.69) is 36.6 Å². The molecular formula is C26H33N9O. The molecule has 2 aliphatic heterocycles. The highest BCUT2D eigenvalue weighted by molar-refractivity contribution is 6.12. The highest BCUT2D eigenvalue weighted by Gasteiger charge is 2.31. The Morgan fingerprint density at radius 3 is 2.31 bits per heavy atom. The second-order valence-corrected chi connectivity index (χ2v) is 10.3. The van der Waals surface area contributed by atoms with Crippen LogP contribution >= 0.6 is 0 Å². The highest BCUT2D eigenvalue weighted by atomic mass is 16.2. The first-order chi connectivity index (χ1) is 17.5. The summed E-state index contributed by atoms with van der Waals surface area (Å²) in [7, 11) is 2.20. The molecule has 0 unspecified atom stereocenters. The lowest BCUT2D eigenvalue weighted by Crippen LogP contribution is -2.49. The molecule has 10 nitrogen and oxygen atoms in total. The molecule has 4 heterocycles. The number of carbonyl (C=O) groups excluding carboxylic acids is 1. The van der Waals surface area contributed by atoms with E-state index in [9.17, 15) is 4.79 Å². The van der Waals surface area contributed by atoms with E-state index in [4.69, 9.17) is 10.8 Å². The number of piperazine rings is 1. The number of nitrogens with two attached hydrogens (primary N) is 1. The van der Waals surface area contributed by atoms with Crippen LogP contribution in [-0.2, 0) is 4.79 Å². The van der Waals surface area contributed by atoms with Gasteiger partial charge in [0.1, 0.15) is 17.8 Å². The third-order valence-corrected chi connectivity index (χ3v) is 7.88. The van der Waals surface area contributed by atoms with Gasteiger partial charge in [0.25, 0.3) is 5.91 Å². The van der Waals surface area contributed by atoms with E-state index in [1.165, 1.54) is 24.2 Å². The van der Waals surface area contributed by atoms with Crippen molar-refractivity contribution in [3.63, 3.8) is 0 Å². The largest absolute Gasteiger partial charge is 0.383 e. The van der Waals surface area contributed by atoms with Gasteiger partial charge in [-0.3, -0.25) is 9.69 Å². The van der Waals surface area contributed by atoms with Gasteiger partial charge in [-0.1, -0.05) is 12.1 Å². The number of hydrazone groups is 1. The Labute approximate surface area is 210 Å². The van der Waals surface area contributed by atoms with Crippen molar-refractivity contribution in [3.8, 4) is 11.3 Å². The summed E-state index contributed by atoms with van der Waals surface area (Å²) in [6, 6.07) is 8.69. The molecule has 2 N–H and O–H groups in total. The van der Waals surface area contributed by atoms with Crippen molar-refractivity contribution < 1.29 is 4.79 Å². The zero-order valence-corrected chi connectivity index (χ0v) is 21.0. The zero-order valence-electron chi connectivity index (χ0n) is 21.0. The minimum Gasteiger partial charge on any atom is -0.383 e. The number of hydrogen-bond acceptors (Lipinski definition) is 8. The topological polar surface area (TPSA) is 109 Å². The van der Waals surface area contributed by atoms with Crippen LogP contribution in [0.1, 0.15) is 45.1 Å². The third-order valence-electron chi connectivity index (χ3n) is 7.88. The van der Waals surface area contributed by atoms with Crippen molar-refractivity contribution in [1.29, 1.82) is 0 Å². The number of hydrogen-bond donors (Lipinski definition) is 1. The maximum absolute atomic E-state index is 12.2. The summed E-state index contributed by atoms with van der Waals surface area (Å²) in [6.07, 6.45) is 6.38. The smallest absolute Gasteiger partial charge is 0.253 e. The van der Waals surface area contributed by atoms with E-state index >= 15 is 0 Å². The maximum atomic E-state index is 12.2. The quantitative estimate of drug-likeness (QED) is 0.603. The first kappa shape index (κ1) is 23.1. The Balaban J connectivity index is 1.26. The van der Waals surface area contributed by atoms with Gasteiger partial charge in [-0.25, -0.2) is 19.7 Å². The SMILES string of the molecule is CC1=NN(c2ccc(-c3nn([C@H]4CC[C@H](N5CCN(C)CC5)CC4)c4ncnc(N)c34)cc2)C(=O)C1. The molecule has 0 spiro atoms. The number of likely N-dealkylation sites (N-methyl/N-ethyl adjacent to an activating group) is 1. The zero-order chi connectivity index (χ0) is 24.8. The van der Waals surface area contributed by atoms with Crippen molar-refractivity contribution >= 4 is 34.2 Å². The predicted octanol–water partition coefficient (Wildman–Crippen LogP) is 2.92. The van der Waals surface area contributed by atoms with Crippen molar-refractivity contribution in [3.05, 3.63) is 30.6 Å². The summed E-state index contributed by atoms with van der Waals surface area (Å²) in [5.74, 6) is 0.422. The van der Waals surface area contributed by atoms with Crippen molar-refractivity contribution in [2.75, 3.05) is 44.0 Å². The van der Waals surface area contributed by atoms with Crippen LogP contribution in [0, 0.1) is 0 Å². The van der Waals surface area contributed by atoms with Gasteiger partial charge < -0.3 is 10.6 Å². The first-order valence-electron chi connectivity index (χ1n) is 12.9. The van der Waals surface area contributed by atoms with E-state index in [1.807, 2.05) is 31.2 Å². The Kier molecular flexibility index (Phi) is 5.93. The van der Waals surface area contributed by atoms with Crippen LogP contribution < -0.4 is 10.7 Å². The summed E-state index contributed by atoms with van der Waals surface area (Å²) < 4.78 is 2.08. The van der Waals surface area contributed by atoms with Gasteiger partial charge in [0, 0.05) is 43.5 Å². The minimum atomic E-state index is -0.0141. The lowest BCUT2D eigenvalue weighted by atomic mass is 9.90. The van der Waals surface area contributed by atoms with E-state index in [0.717, 1.165) is 72.7 Å². The molecule has 3 aromatic rings. The first-order valence-corrected chi connectivity index (χ1v) is 12.9. The molecule has 2 fully saturated rings. The van der Waals surface area contributed by atoms with Gasteiger partial charge in [-0.2, -0.15) is 10.2 Å². The van der Waals surface area contributed by atoms with Crippen LogP contribution in [0.15, 0.2) is 35.7 Å². The molecule has 0 bridgehead atoms. The molecule has 2 aromatic heterocycles. The third kappa shape index (κ3) is 4.14. The van der Waals surface area contributed by atoms with Crippen LogP contribution in [0.3, 0.4) is 0 Å². The fraction of sp³-hybridized carbons (Fsp3) is 0.500. The van der Waals surface area contributed by atoms with Gasteiger partial charge in [0.05, 0.1) is 23.5 Å². The van der Waals surface area contributed by atoms with Crippen LogP contribution in [0.25, 0.3) is 22.3 Å². The van der Waals surface area contributed by atoms with E-state index in [1.54, 1.807) is 0 Å². The van der Waals surface area contributed by atoms with Gasteiger partial charge >= 0.3 is 0 Å². The van der Waals surface area contributed by atoms with Gasteiger partial charge in [-0.15, -0.1) is 0 Å². The van der Waals surface area contributed by atoms with Crippen LogP contribution in [0.4, 0.5) is 11.5 Å². The average Bonchev–Trinajstić information content (AvgIpc) is 3.45. The number of aromatic nitrogens is 4. The number of anilines is 2. The van der Waals surface area contributed by atoms with Gasteiger partial charge in [-0.05, 0) is 51.8 Å². The molecule has 188 valence electrons. The normalized spacial score (nSPS) is 24.0. The summed E-state index contributed by atoms with van der Waals surface area (Å²) in [6.45, 7) is 6.50. The molecular weight excluding hydrogens is 454 g/mol. The fourth-order valence-corrected chi connectivity index (χ4v) is 5.82. The number of carbonyl (C=O) groups is 1. The number of nitrogens with zero attached hydrogens (tertiary/aromatic N) is 8. The second kappa shape index (κ2) is 9.25. The summed E-state index contributed by atoms with van der Waals surface area (Å²) in [4.78, 5) is 26.2. The molecule has 3 aliphatic rings. The number of rotatable bonds is 4. The number of amides is 1. The van der Waals surface area contributed by atoms with Crippen LogP contribution in [0.2, 0.25) is 0 Å². The number of nitrogen functional groups attached to an aromatic ring is 1. The Morgan fingerprint density at radius 1 is 0.944 bits per heavy atom. The lowest BCUT2D eigenvalue weighted by Gasteiger charge is -2.41. The Morgan fingerprint density at radius 2 is 1.64 bits per heavy atom. The van der Waals surface area contributed by atoms with E-state index in [-0.39, 0.29) is 11.9 Å². The molecule has 36 heavy (non-hydrogen) atoms. The van der Waals surface area contributed by atoms with Crippen molar-refractivity contribution in [1.82, 2.24) is 29.5 Å². The lowest BCUT2D eigenvalue weighted by molar-refractivity contribution is -0.116. The molecule has 6 rings (SSSR count). The Hall–Kier alpha value is -3.37. The molecule has 1 saturated heterocycles. The molecule has 10 heteroatoms. The average molecular weight is 488 g/mol. The van der Waals surface area contributed by atoms with Crippen LogP contribution in [0.5, 0.6) is 0 Å². The van der Waals surface area contributed by atoms with Crippen LogP contribution in [-0.4, -0.2) is 80.4 Å². The van der Waals surface area contributed by atoms with Gasteiger partial charge in [0.2, 0.25) is 0 Å². The summed E-state index contributed by atoms with van der Waals surface area (Å²) in [5, 5.41) is 11.7. The standard InChI is InChI=1S/C26H33N9O/c1-17-15-22(36)34(30-17)20-5-3-18(4-6-20)24-23-25(27)28-16-29-26(23)35(31-24)21-9-7-19(8-10-21)33-13-11-32(2)12-14-33/h3-6,16,19,21H,7-15H2,1-2H3,(H2,27,28,29)/t19-,21-. The van der Waals surface area contributed by atoms with Gasteiger partial charge in [0.15, 0.2) is 5.65 Å². The molecule has 1 saturated carbocycles. The predicted molar refractivity (Wildman–Crippen MR) is 141 cm³/mol. The second-order valence-electron chi connectivity index (χ2n) is 10.3. The summed E-state index contributed by atoms with van der Waals surface area (Å²) in [5.41, 5.74) is 10.4. The summed E-state index contributed by atoms with van der Waals surface area (Å²) >= 11 is 0. The highest BCUT2D eigenvalue weighted by Crippen LogP contribution is 2.37. The molecule has 1 amide bonds. The van der Waals surface area contributed by atoms with E-state index in [0.29, 0.717) is 18.3 Å². The minimum absolute atomic E-state index is 0.0141.